The summed E-state index contributed by atoms with van der Waals surface area (Å²) in [6, 6.07) is 0. The molecule has 0 fully saturated rings. The molecule has 0 radical (unpaired) electrons. The van der Waals surface area contributed by atoms with Gasteiger partial charge in [0, 0.05) is 0 Å². The molecule has 0 aliphatic carbocycles. The third-order valence-electron chi connectivity index (χ3n) is 1.42. The van der Waals surface area contributed by atoms with Crippen molar-refractivity contribution in [3.63, 3.8) is 0 Å². The molecule has 0 aromatic carbocycles. The van der Waals surface area contributed by atoms with Crippen LogP contribution in [0.3, 0.4) is 0 Å². The van der Waals surface area contributed by atoms with Crippen LogP contribution in [0.5, 0.6) is 0 Å². The van der Waals surface area contributed by atoms with Crippen molar-refractivity contribution in [2.45, 2.75) is 24.4 Å². The monoisotopic (exact) mass is 264 g/mol. The molecule has 0 bridgehead atoms. The molecule has 0 aliphatic heterocycles. The number of rotatable bonds is 5. The van der Waals surface area contributed by atoms with Crippen molar-refractivity contribution in [2.24, 2.45) is 0 Å². The molecule has 0 aliphatic rings. The molecule has 6 N–H and O–H groups in total. The van der Waals surface area contributed by atoms with Gasteiger partial charge in [-0.25, -0.2) is 0 Å². The van der Waals surface area contributed by atoms with E-state index >= 15 is 0 Å². The van der Waals surface area contributed by atoms with Crippen molar-refractivity contribution < 1.29 is 74.9 Å². The van der Waals surface area contributed by atoms with Gasteiger partial charge in [0.15, 0.2) is 6.29 Å². The van der Waals surface area contributed by atoms with Crippen LogP contribution in [0.2, 0.25) is 0 Å². The van der Waals surface area contributed by atoms with Crippen molar-refractivity contribution in [1.29, 1.82) is 0 Å². The Kier molecular flexibility index (Phi) is 15.8. The average molecular weight is 264 g/mol. The Labute approximate surface area is 118 Å². The van der Waals surface area contributed by atoms with Crippen LogP contribution in [0.1, 0.15) is 0 Å². The van der Waals surface area contributed by atoms with Crippen molar-refractivity contribution in [1.82, 2.24) is 0 Å². The Hall–Kier alpha value is -0.260. The van der Waals surface area contributed by atoms with Crippen LogP contribution in [-0.4, -0.2) is 74.1 Å². The van der Waals surface area contributed by atoms with E-state index in [-0.39, 0.29) is 35.8 Å². The molecule has 96 valence electrons. The summed E-state index contributed by atoms with van der Waals surface area (Å²) < 4.78 is 0. The van der Waals surface area contributed by atoms with Crippen LogP contribution in [0.15, 0.2) is 0 Å². The van der Waals surface area contributed by atoms with Crippen LogP contribution < -0.4 is 34.7 Å². The Bertz CT molecular complexity index is 208. The minimum Gasteiger partial charge on any atom is -0.565 e. The summed E-state index contributed by atoms with van der Waals surface area (Å²) >= 11 is 0. The SMILES string of the molecule is O=C([O-])O.O=CC(O)C(O)C(O)C(O)CO.[Na+]. The van der Waals surface area contributed by atoms with Gasteiger partial charge in [-0.2, -0.15) is 0 Å². The predicted octanol–water partition coefficient (Wildman–Crippen LogP) is -7.49. The molecule has 0 saturated carbocycles. The molecular weight excluding hydrogens is 251 g/mol. The molecule has 4 unspecified atom stereocenters. The predicted molar refractivity (Wildman–Crippen MR) is 45.2 cm³/mol. The van der Waals surface area contributed by atoms with Crippen LogP contribution >= 0.6 is 0 Å². The van der Waals surface area contributed by atoms with Crippen molar-refractivity contribution in [2.75, 3.05) is 6.61 Å². The number of aliphatic hydroxyl groups excluding tert-OH is 5. The maximum Gasteiger partial charge on any atom is 1.00 e. The summed E-state index contributed by atoms with van der Waals surface area (Å²) in [7, 11) is 0. The largest absolute Gasteiger partial charge is 1.00 e. The minimum absolute atomic E-state index is 0. The number of aliphatic hydroxyl groups is 5. The Morgan fingerprint density at radius 3 is 1.76 bits per heavy atom. The Morgan fingerprint density at radius 1 is 1.18 bits per heavy atom. The molecule has 0 rings (SSSR count). The number of aldehydes is 1. The van der Waals surface area contributed by atoms with E-state index in [1.807, 2.05) is 0 Å². The molecule has 0 aromatic heterocycles. The first kappa shape index (κ1) is 22.0. The number of carbonyl (C=O) groups is 2. The van der Waals surface area contributed by atoms with Crippen molar-refractivity contribution >= 4 is 12.4 Å². The van der Waals surface area contributed by atoms with Gasteiger partial charge in [-0.05, 0) is 0 Å². The summed E-state index contributed by atoms with van der Waals surface area (Å²) in [5.41, 5.74) is 0. The van der Waals surface area contributed by atoms with Gasteiger partial charge >= 0.3 is 29.6 Å². The van der Waals surface area contributed by atoms with E-state index in [9.17, 15) is 4.79 Å². The minimum atomic E-state index is -2.08. The van der Waals surface area contributed by atoms with Gasteiger partial charge in [0.25, 0.3) is 0 Å². The standard InChI is InChI=1S/C6H12O6.CH2O3.Na/c7-1-3(9)5(11)6(12)4(10)2-8;2-1(3)4;/h1,3-6,8-12H,2H2;(H2,2,3,4);/q;;+1/p-1. The van der Waals surface area contributed by atoms with Gasteiger partial charge in [-0.15, -0.1) is 0 Å². The van der Waals surface area contributed by atoms with Gasteiger partial charge in [-0.3, -0.25) is 0 Å². The maximum absolute atomic E-state index is 9.90. The topological polar surface area (TPSA) is 179 Å². The summed E-state index contributed by atoms with van der Waals surface area (Å²) in [5.74, 6) is 0. The van der Waals surface area contributed by atoms with E-state index in [2.05, 4.69) is 0 Å². The molecule has 17 heavy (non-hydrogen) atoms. The number of carboxylic acid groups (broad SMARTS) is 2. The van der Waals surface area contributed by atoms with E-state index in [4.69, 9.17) is 40.5 Å². The first-order valence-corrected chi connectivity index (χ1v) is 3.96. The number of hydrogen-bond acceptors (Lipinski definition) is 8. The normalized spacial score (nSPS) is 16.3. The van der Waals surface area contributed by atoms with E-state index in [0.717, 1.165) is 0 Å². The summed E-state index contributed by atoms with van der Waals surface area (Å²) in [4.78, 5) is 18.3. The van der Waals surface area contributed by atoms with Gasteiger partial charge in [0.05, 0.1) is 6.61 Å². The second kappa shape index (κ2) is 12.2. The Morgan fingerprint density at radius 2 is 1.53 bits per heavy atom. The van der Waals surface area contributed by atoms with Gasteiger partial charge in [0.1, 0.15) is 24.4 Å². The van der Waals surface area contributed by atoms with Gasteiger partial charge in [0.2, 0.25) is 6.16 Å². The van der Waals surface area contributed by atoms with E-state index in [1.54, 1.807) is 0 Å². The maximum atomic E-state index is 9.90. The summed E-state index contributed by atoms with van der Waals surface area (Å²) in [6.07, 6.45) is -8.92. The molecule has 0 heterocycles. The first-order chi connectivity index (χ1) is 7.27. The van der Waals surface area contributed by atoms with Crippen LogP contribution in [0.25, 0.3) is 0 Å². The third-order valence-corrected chi connectivity index (χ3v) is 1.42. The molecule has 9 nitrogen and oxygen atoms in total. The molecular formula is C7H13NaO9. The molecule has 0 aromatic rings. The van der Waals surface area contributed by atoms with Crippen LogP contribution in [-0.2, 0) is 4.79 Å². The van der Waals surface area contributed by atoms with E-state index in [0.29, 0.717) is 0 Å². The van der Waals surface area contributed by atoms with E-state index in [1.165, 1.54) is 0 Å². The average Bonchev–Trinajstić information content (AvgIpc) is 2.24. The fraction of sp³-hybridized carbons (Fsp3) is 0.714. The second-order valence-corrected chi connectivity index (χ2v) is 2.62. The Balaban J connectivity index is -0.000000340. The second-order valence-electron chi connectivity index (χ2n) is 2.62. The zero-order valence-corrected chi connectivity index (χ0v) is 11.0. The van der Waals surface area contributed by atoms with Gasteiger partial charge < -0.3 is 45.3 Å². The molecule has 10 heteroatoms. The fourth-order valence-corrected chi connectivity index (χ4v) is 0.618. The van der Waals surface area contributed by atoms with Crippen molar-refractivity contribution in [3.8, 4) is 0 Å². The summed E-state index contributed by atoms with van der Waals surface area (Å²) in [5, 5.41) is 58.8. The van der Waals surface area contributed by atoms with Gasteiger partial charge in [-0.1, -0.05) is 0 Å². The smallest absolute Gasteiger partial charge is 0.565 e. The number of carbonyl (C=O) groups excluding carboxylic acids is 1. The molecule has 0 saturated heterocycles. The zero-order chi connectivity index (χ0) is 13.3. The third kappa shape index (κ3) is 12.0. The quantitative estimate of drug-likeness (QED) is 0.208. The molecule has 0 spiro atoms. The summed E-state index contributed by atoms with van der Waals surface area (Å²) in [6.45, 7) is -0.760. The van der Waals surface area contributed by atoms with Crippen LogP contribution in [0.4, 0.5) is 4.79 Å². The molecule has 4 atom stereocenters. The van der Waals surface area contributed by atoms with Crippen molar-refractivity contribution in [3.05, 3.63) is 0 Å². The fourth-order valence-electron chi connectivity index (χ4n) is 0.618. The molecule has 0 amide bonds. The van der Waals surface area contributed by atoms with Crippen LogP contribution in [0, 0.1) is 0 Å². The first-order valence-electron chi connectivity index (χ1n) is 3.96. The number of hydrogen-bond donors (Lipinski definition) is 6. The zero-order valence-electron chi connectivity index (χ0n) is 9.00. The van der Waals surface area contributed by atoms with E-state index < -0.39 is 37.2 Å².